The Morgan fingerprint density at radius 2 is 1.94 bits per heavy atom. The van der Waals surface area contributed by atoms with Crippen LogP contribution < -0.4 is 10.9 Å². The zero-order chi connectivity index (χ0) is 22.1. The Kier molecular flexibility index (Phi) is 5.56. The number of aryl methyl sites for hydroxylation is 2. The fourth-order valence-corrected chi connectivity index (χ4v) is 3.79. The summed E-state index contributed by atoms with van der Waals surface area (Å²) in [6.45, 7) is 7.91. The third-order valence-corrected chi connectivity index (χ3v) is 5.93. The summed E-state index contributed by atoms with van der Waals surface area (Å²) in [5, 5.41) is 9.51. The maximum atomic E-state index is 13.0. The molecule has 7 nitrogen and oxygen atoms in total. The van der Waals surface area contributed by atoms with Crippen LogP contribution in [0.4, 0.5) is 5.82 Å². The Bertz CT molecular complexity index is 1300. The van der Waals surface area contributed by atoms with Crippen molar-refractivity contribution in [3.05, 3.63) is 80.6 Å². The largest absolute Gasteiger partial charge is 0.306 e. The Labute approximate surface area is 183 Å². The van der Waals surface area contributed by atoms with Crippen molar-refractivity contribution in [2.75, 3.05) is 5.32 Å². The lowest BCUT2D eigenvalue weighted by molar-refractivity contribution is 0.102. The highest BCUT2D eigenvalue weighted by atomic mass is 32.1. The average molecular weight is 434 g/mol. The second kappa shape index (κ2) is 8.31. The minimum absolute atomic E-state index is 0.0713. The molecule has 1 aromatic carbocycles. The van der Waals surface area contributed by atoms with E-state index in [2.05, 4.69) is 20.4 Å². The van der Waals surface area contributed by atoms with Crippen LogP contribution >= 0.6 is 11.3 Å². The van der Waals surface area contributed by atoms with Gasteiger partial charge in [0, 0.05) is 17.7 Å². The molecule has 0 aliphatic rings. The van der Waals surface area contributed by atoms with Gasteiger partial charge in [-0.25, -0.2) is 4.98 Å². The van der Waals surface area contributed by atoms with Gasteiger partial charge >= 0.3 is 0 Å². The van der Waals surface area contributed by atoms with Crippen molar-refractivity contribution in [1.29, 1.82) is 0 Å². The second-order valence-electron chi connectivity index (χ2n) is 7.71. The van der Waals surface area contributed by atoms with Gasteiger partial charge in [-0.1, -0.05) is 26.0 Å². The minimum Gasteiger partial charge on any atom is -0.306 e. The van der Waals surface area contributed by atoms with E-state index in [0.29, 0.717) is 22.8 Å². The number of anilines is 1. The first-order valence-corrected chi connectivity index (χ1v) is 10.8. The van der Waals surface area contributed by atoms with E-state index >= 15 is 0 Å². The lowest BCUT2D eigenvalue weighted by atomic mass is 10.1. The predicted molar refractivity (Wildman–Crippen MR) is 123 cm³/mol. The zero-order valence-corrected chi connectivity index (χ0v) is 18.6. The fourth-order valence-electron chi connectivity index (χ4n) is 3.11. The number of benzene rings is 1. The number of amides is 1. The van der Waals surface area contributed by atoms with Crippen molar-refractivity contribution in [2.24, 2.45) is 0 Å². The predicted octanol–water partition coefficient (Wildman–Crippen LogP) is 4.68. The van der Waals surface area contributed by atoms with Crippen LogP contribution in [0.1, 0.15) is 46.9 Å². The van der Waals surface area contributed by atoms with Crippen LogP contribution in [0.15, 0.2) is 52.6 Å². The number of carbonyl (C=O) groups is 1. The fraction of sp³-hybridized carbons (Fsp3) is 0.217. The van der Waals surface area contributed by atoms with Gasteiger partial charge in [0.2, 0.25) is 5.95 Å². The first-order chi connectivity index (χ1) is 14.8. The molecule has 0 unspecified atom stereocenters. The number of H-pyrrole nitrogens is 1. The summed E-state index contributed by atoms with van der Waals surface area (Å²) in [5.74, 6) is 0.497. The number of aromatic amines is 1. The first-order valence-electron chi connectivity index (χ1n) is 9.96. The van der Waals surface area contributed by atoms with Crippen LogP contribution in [-0.2, 0) is 0 Å². The van der Waals surface area contributed by atoms with Gasteiger partial charge in [0.25, 0.3) is 11.5 Å². The molecule has 0 radical (unpaired) electrons. The number of rotatable bonds is 5. The Morgan fingerprint density at radius 3 is 2.61 bits per heavy atom. The van der Waals surface area contributed by atoms with Gasteiger partial charge in [-0.2, -0.15) is 9.78 Å². The molecule has 1 amide bonds. The van der Waals surface area contributed by atoms with E-state index in [1.54, 1.807) is 23.5 Å². The molecule has 3 aromatic heterocycles. The summed E-state index contributed by atoms with van der Waals surface area (Å²) in [6.07, 6.45) is 0. The molecular formula is C23H23N5O2S. The summed E-state index contributed by atoms with van der Waals surface area (Å²) in [5.41, 5.74) is 3.77. The molecule has 158 valence electrons. The van der Waals surface area contributed by atoms with Crippen molar-refractivity contribution in [3.8, 4) is 16.5 Å². The van der Waals surface area contributed by atoms with Crippen molar-refractivity contribution in [3.63, 3.8) is 0 Å². The van der Waals surface area contributed by atoms with E-state index in [1.165, 1.54) is 10.7 Å². The molecule has 8 heteroatoms. The summed E-state index contributed by atoms with van der Waals surface area (Å²) in [7, 11) is 0. The molecule has 0 saturated heterocycles. The number of thiophene rings is 1. The van der Waals surface area contributed by atoms with Gasteiger partial charge in [-0.05, 0) is 54.5 Å². The standard InChI is InChI=1S/C23H23N5O2S/c1-13(2)17-12-21(29)26-23(24-17)28-20(11-18(27-28)19-6-5-9-31-19)25-22(30)16-8-7-14(3)15(4)10-16/h5-13H,1-4H3,(H,25,30)(H,24,26,29). The van der Waals surface area contributed by atoms with Crippen molar-refractivity contribution in [2.45, 2.75) is 33.6 Å². The minimum atomic E-state index is -0.270. The van der Waals surface area contributed by atoms with Gasteiger partial charge in [0.05, 0.1) is 10.6 Å². The number of aromatic nitrogens is 4. The van der Waals surface area contributed by atoms with E-state index in [1.807, 2.05) is 57.3 Å². The summed E-state index contributed by atoms with van der Waals surface area (Å²) >= 11 is 1.54. The van der Waals surface area contributed by atoms with Crippen LogP contribution in [0.3, 0.4) is 0 Å². The van der Waals surface area contributed by atoms with E-state index in [0.717, 1.165) is 16.0 Å². The number of hydrogen-bond donors (Lipinski definition) is 2. The van der Waals surface area contributed by atoms with Crippen LogP contribution in [0.25, 0.3) is 16.5 Å². The molecule has 0 bridgehead atoms. The highest BCUT2D eigenvalue weighted by Crippen LogP contribution is 2.28. The molecule has 2 N–H and O–H groups in total. The van der Waals surface area contributed by atoms with Gasteiger partial charge in [-0.15, -0.1) is 11.3 Å². The lowest BCUT2D eigenvalue weighted by Crippen LogP contribution is -2.19. The molecule has 0 aliphatic heterocycles. The van der Waals surface area contributed by atoms with E-state index in [9.17, 15) is 9.59 Å². The Hall–Kier alpha value is -3.52. The van der Waals surface area contributed by atoms with E-state index < -0.39 is 0 Å². The van der Waals surface area contributed by atoms with Crippen LogP contribution in [-0.4, -0.2) is 25.7 Å². The first kappa shape index (κ1) is 20.7. The Morgan fingerprint density at radius 1 is 1.13 bits per heavy atom. The summed E-state index contributed by atoms with van der Waals surface area (Å²) in [6, 6.07) is 12.7. The Balaban J connectivity index is 1.79. The quantitative estimate of drug-likeness (QED) is 0.478. The number of nitrogens with one attached hydrogen (secondary N) is 2. The van der Waals surface area contributed by atoms with E-state index in [4.69, 9.17) is 0 Å². The van der Waals surface area contributed by atoms with Crippen LogP contribution in [0.5, 0.6) is 0 Å². The van der Waals surface area contributed by atoms with E-state index in [-0.39, 0.29) is 23.3 Å². The smallest absolute Gasteiger partial charge is 0.256 e. The summed E-state index contributed by atoms with van der Waals surface area (Å²) in [4.78, 5) is 33.4. The summed E-state index contributed by atoms with van der Waals surface area (Å²) < 4.78 is 1.47. The molecule has 0 atom stereocenters. The zero-order valence-electron chi connectivity index (χ0n) is 17.8. The SMILES string of the molecule is Cc1ccc(C(=O)Nc2cc(-c3cccs3)nn2-c2nc(C(C)C)cc(=O)[nH]2)cc1C. The molecule has 0 fully saturated rings. The highest BCUT2D eigenvalue weighted by molar-refractivity contribution is 7.13. The topological polar surface area (TPSA) is 92.7 Å². The van der Waals surface area contributed by atoms with Crippen LogP contribution in [0.2, 0.25) is 0 Å². The third-order valence-electron chi connectivity index (χ3n) is 5.03. The molecule has 31 heavy (non-hydrogen) atoms. The molecule has 0 aliphatic carbocycles. The van der Waals surface area contributed by atoms with Crippen molar-refractivity contribution < 1.29 is 4.79 Å². The van der Waals surface area contributed by atoms with Gasteiger partial charge in [0.1, 0.15) is 11.5 Å². The van der Waals surface area contributed by atoms with Crippen LogP contribution in [0, 0.1) is 13.8 Å². The van der Waals surface area contributed by atoms with Gasteiger partial charge in [-0.3, -0.25) is 14.6 Å². The molecule has 4 aromatic rings. The third kappa shape index (κ3) is 4.34. The lowest BCUT2D eigenvalue weighted by Gasteiger charge is -2.11. The second-order valence-corrected chi connectivity index (χ2v) is 8.65. The van der Waals surface area contributed by atoms with Gasteiger partial charge in [0.15, 0.2) is 0 Å². The van der Waals surface area contributed by atoms with Crippen molar-refractivity contribution >= 4 is 23.1 Å². The van der Waals surface area contributed by atoms with Crippen molar-refractivity contribution in [1.82, 2.24) is 19.7 Å². The molecular weight excluding hydrogens is 410 g/mol. The number of hydrogen-bond acceptors (Lipinski definition) is 5. The maximum absolute atomic E-state index is 13.0. The van der Waals surface area contributed by atoms with Gasteiger partial charge < -0.3 is 5.32 Å². The monoisotopic (exact) mass is 433 g/mol. The molecule has 0 saturated carbocycles. The maximum Gasteiger partial charge on any atom is 0.256 e. The average Bonchev–Trinajstić information content (AvgIpc) is 3.39. The number of nitrogens with zero attached hydrogens (tertiary/aromatic N) is 3. The number of carbonyl (C=O) groups excluding carboxylic acids is 1. The molecule has 3 heterocycles. The normalized spacial score (nSPS) is 11.1. The molecule has 4 rings (SSSR count). The highest BCUT2D eigenvalue weighted by Gasteiger charge is 2.18. The molecule has 0 spiro atoms.